The molecule has 2 amide bonds. The molecule has 0 aromatic heterocycles. The van der Waals surface area contributed by atoms with Gasteiger partial charge in [-0.1, -0.05) is 29.3 Å². The van der Waals surface area contributed by atoms with Crippen molar-refractivity contribution >= 4 is 46.4 Å². The lowest BCUT2D eigenvalue weighted by molar-refractivity contribution is -0.134. The van der Waals surface area contributed by atoms with Crippen LogP contribution in [0.2, 0.25) is 10.0 Å². The van der Waals surface area contributed by atoms with Crippen molar-refractivity contribution in [2.24, 2.45) is 5.41 Å². The maximum atomic E-state index is 12.7. The molecule has 1 spiro atoms. The number of carbonyl (C=O) groups is 2. The van der Waals surface area contributed by atoms with Crippen LogP contribution in [0, 0.1) is 5.41 Å². The second-order valence-corrected chi connectivity index (χ2v) is 10.4. The Balaban J connectivity index is 1.07. The van der Waals surface area contributed by atoms with E-state index in [4.69, 9.17) is 23.2 Å². The molecule has 5 rings (SSSR count). The monoisotopic (exact) mass is 471 g/mol. The van der Waals surface area contributed by atoms with Gasteiger partial charge in [0.05, 0.1) is 6.42 Å². The Morgan fingerprint density at radius 1 is 1.09 bits per heavy atom. The first kappa shape index (κ1) is 21.6. The van der Waals surface area contributed by atoms with Gasteiger partial charge in [-0.25, -0.2) is 0 Å². The minimum atomic E-state index is 0.0671. The van der Waals surface area contributed by atoms with E-state index in [-0.39, 0.29) is 11.8 Å². The Labute approximate surface area is 198 Å². The van der Waals surface area contributed by atoms with E-state index in [1.165, 1.54) is 0 Å². The van der Waals surface area contributed by atoms with Crippen molar-refractivity contribution in [3.05, 3.63) is 57.6 Å². The zero-order valence-electron chi connectivity index (χ0n) is 17.9. The summed E-state index contributed by atoms with van der Waals surface area (Å²) in [4.78, 5) is 26.3. The van der Waals surface area contributed by atoms with E-state index in [9.17, 15) is 9.59 Å². The largest absolute Gasteiger partial charge is 0.382 e. The van der Waals surface area contributed by atoms with Crippen LogP contribution in [0.3, 0.4) is 0 Å². The number of fused-ring (bicyclic) bond motifs is 1. The molecule has 1 saturated heterocycles. The van der Waals surface area contributed by atoms with Gasteiger partial charge in [-0.05, 0) is 79.0 Å². The van der Waals surface area contributed by atoms with Crippen LogP contribution in [0.1, 0.15) is 43.2 Å². The summed E-state index contributed by atoms with van der Waals surface area (Å²) in [6.07, 6.45) is 6.04. The summed E-state index contributed by atoms with van der Waals surface area (Å²) in [5.74, 6) is 0.280. The number of nitrogens with one attached hydrogen (secondary N) is 2. The molecule has 0 radical (unpaired) electrons. The van der Waals surface area contributed by atoms with Crippen LogP contribution in [-0.2, 0) is 22.4 Å². The maximum absolute atomic E-state index is 12.7. The van der Waals surface area contributed by atoms with Gasteiger partial charge < -0.3 is 15.5 Å². The zero-order chi connectivity index (χ0) is 22.3. The van der Waals surface area contributed by atoms with Crippen LogP contribution in [0.15, 0.2) is 36.4 Å². The minimum Gasteiger partial charge on any atom is -0.382 e. The van der Waals surface area contributed by atoms with Crippen LogP contribution in [0.25, 0.3) is 0 Å². The van der Waals surface area contributed by atoms with Crippen molar-refractivity contribution in [3.63, 3.8) is 0 Å². The molecule has 168 valence electrons. The van der Waals surface area contributed by atoms with Gasteiger partial charge in [0.15, 0.2) is 0 Å². The highest BCUT2D eigenvalue weighted by Crippen LogP contribution is 2.50. The molecule has 1 saturated carbocycles. The van der Waals surface area contributed by atoms with Crippen LogP contribution >= 0.6 is 23.2 Å². The molecule has 0 atom stereocenters. The summed E-state index contributed by atoms with van der Waals surface area (Å²) in [7, 11) is 0. The molecule has 2 aromatic carbocycles. The Hall–Kier alpha value is -2.24. The number of piperidine rings is 1. The van der Waals surface area contributed by atoms with Gasteiger partial charge >= 0.3 is 0 Å². The number of nitrogens with zero attached hydrogens (tertiary/aromatic N) is 1. The highest BCUT2D eigenvalue weighted by atomic mass is 35.5. The molecule has 0 bridgehead atoms. The third kappa shape index (κ3) is 4.60. The number of amides is 2. The molecule has 1 aliphatic carbocycles. The number of rotatable bonds is 5. The molecule has 2 heterocycles. The quantitative estimate of drug-likeness (QED) is 0.621. The Kier molecular flexibility index (Phi) is 5.81. The highest BCUT2D eigenvalue weighted by Gasteiger charge is 2.46. The summed E-state index contributed by atoms with van der Waals surface area (Å²) in [6.45, 7) is 1.68. The molecule has 5 nitrogen and oxygen atoms in total. The van der Waals surface area contributed by atoms with E-state index < -0.39 is 0 Å². The molecule has 0 unspecified atom stereocenters. The fraction of sp³-hybridized carbons (Fsp3) is 0.440. The van der Waals surface area contributed by atoms with E-state index in [2.05, 4.69) is 16.7 Å². The van der Waals surface area contributed by atoms with Crippen LogP contribution in [0.5, 0.6) is 0 Å². The van der Waals surface area contributed by atoms with Gasteiger partial charge in [0.25, 0.3) is 0 Å². The van der Waals surface area contributed by atoms with Crippen molar-refractivity contribution in [2.75, 3.05) is 23.7 Å². The summed E-state index contributed by atoms with van der Waals surface area (Å²) in [5, 5.41) is 7.76. The Morgan fingerprint density at radius 3 is 2.53 bits per heavy atom. The lowest BCUT2D eigenvalue weighted by atomic mass is 9.60. The molecule has 2 fully saturated rings. The third-order valence-corrected chi connectivity index (χ3v) is 7.63. The topological polar surface area (TPSA) is 61.4 Å². The predicted molar refractivity (Wildman–Crippen MR) is 128 cm³/mol. The van der Waals surface area contributed by atoms with E-state index in [0.29, 0.717) is 40.8 Å². The average Bonchev–Trinajstić information content (AvgIpc) is 3.10. The maximum Gasteiger partial charge on any atom is 0.228 e. The Bertz CT molecular complexity index is 1030. The number of hydrogen-bond acceptors (Lipinski definition) is 3. The third-order valence-electron chi connectivity index (χ3n) is 7.19. The van der Waals surface area contributed by atoms with Crippen LogP contribution < -0.4 is 10.6 Å². The first-order chi connectivity index (χ1) is 15.4. The molecule has 2 N–H and O–H groups in total. The van der Waals surface area contributed by atoms with Crippen molar-refractivity contribution in [3.8, 4) is 0 Å². The fourth-order valence-electron chi connectivity index (χ4n) is 5.43. The molecule has 32 heavy (non-hydrogen) atoms. The van der Waals surface area contributed by atoms with Gasteiger partial charge in [-0.15, -0.1) is 0 Å². The number of anilines is 2. The predicted octanol–water partition coefficient (Wildman–Crippen LogP) is 5.30. The number of benzene rings is 2. The number of likely N-dealkylation sites (tertiary alicyclic amines) is 1. The highest BCUT2D eigenvalue weighted by molar-refractivity contribution is 6.34. The number of carbonyl (C=O) groups excluding carboxylic acids is 2. The van der Waals surface area contributed by atoms with Crippen molar-refractivity contribution in [2.45, 2.75) is 51.0 Å². The smallest absolute Gasteiger partial charge is 0.228 e. The van der Waals surface area contributed by atoms with Crippen molar-refractivity contribution in [1.29, 1.82) is 0 Å². The molecule has 2 aromatic rings. The molecular weight excluding hydrogens is 445 g/mol. The first-order valence-electron chi connectivity index (χ1n) is 11.3. The van der Waals surface area contributed by atoms with Crippen LogP contribution in [0.4, 0.5) is 11.4 Å². The number of halogens is 2. The molecular formula is C25H27Cl2N3O2. The fourth-order valence-corrected chi connectivity index (χ4v) is 6.00. The van der Waals surface area contributed by atoms with E-state index in [1.54, 1.807) is 6.07 Å². The Morgan fingerprint density at radius 2 is 1.81 bits per heavy atom. The zero-order valence-corrected chi connectivity index (χ0v) is 19.4. The molecule has 3 aliphatic rings. The second kappa shape index (κ2) is 8.60. The van der Waals surface area contributed by atoms with Gasteiger partial charge in [0, 0.05) is 47.0 Å². The lowest BCUT2D eigenvalue weighted by Crippen LogP contribution is -2.52. The number of aryl methyl sites for hydroxylation is 1. The summed E-state index contributed by atoms with van der Waals surface area (Å²) in [5.41, 5.74) is 4.43. The molecule has 7 heteroatoms. The number of hydrogen-bond donors (Lipinski definition) is 2. The van der Waals surface area contributed by atoms with Crippen LogP contribution in [-0.4, -0.2) is 35.8 Å². The molecule has 2 aliphatic heterocycles. The summed E-state index contributed by atoms with van der Waals surface area (Å²) >= 11 is 12.1. The van der Waals surface area contributed by atoms with Gasteiger partial charge in [-0.3, -0.25) is 9.59 Å². The van der Waals surface area contributed by atoms with Crippen molar-refractivity contribution < 1.29 is 9.59 Å². The van der Waals surface area contributed by atoms with E-state index >= 15 is 0 Å². The van der Waals surface area contributed by atoms with Gasteiger partial charge in [-0.2, -0.15) is 0 Å². The normalized spacial score (nSPS) is 19.4. The van der Waals surface area contributed by atoms with E-state index in [0.717, 1.165) is 61.3 Å². The van der Waals surface area contributed by atoms with Crippen molar-refractivity contribution in [1.82, 2.24) is 4.90 Å². The van der Waals surface area contributed by atoms with Gasteiger partial charge in [0.1, 0.15) is 0 Å². The standard InChI is InChI=1S/C25H27Cl2N3O2/c26-18-9-16(10-19(27)12-18)1-4-24(32)30-7-5-25(6-8-30)14-21(15-25)28-20-3-2-17-11-23(31)29-22(17)13-20/h2-3,9-10,12-13,21,28H,1,4-8,11,14-15H2,(H,29,31). The first-order valence-corrected chi connectivity index (χ1v) is 12.1. The lowest BCUT2D eigenvalue weighted by Gasteiger charge is -2.52. The summed E-state index contributed by atoms with van der Waals surface area (Å²) < 4.78 is 0. The van der Waals surface area contributed by atoms with E-state index in [1.807, 2.05) is 29.2 Å². The SMILES string of the molecule is O=C1Cc2ccc(NC3CC4(CCN(C(=O)CCc5cc(Cl)cc(Cl)c5)CC4)C3)cc2N1. The van der Waals surface area contributed by atoms with Gasteiger partial charge in [0.2, 0.25) is 11.8 Å². The summed E-state index contributed by atoms with van der Waals surface area (Å²) in [6, 6.07) is 12.1. The second-order valence-electron chi connectivity index (χ2n) is 9.50. The average molecular weight is 472 g/mol. The minimum absolute atomic E-state index is 0.0671.